The summed E-state index contributed by atoms with van der Waals surface area (Å²) in [6.07, 6.45) is 3.82. The summed E-state index contributed by atoms with van der Waals surface area (Å²) in [6.45, 7) is 0. The van der Waals surface area contributed by atoms with Gasteiger partial charge in [0.05, 0.1) is 12.7 Å². The molecule has 138 valence electrons. The van der Waals surface area contributed by atoms with Crippen molar-refractivity contribution >= 4 is 23.3 Å². The van der Waals surface area contributed by atoms with Crippen LogP contribution in [0.4, 0.5) is 5.82 Å². The van der Waals surface area contributed by atoms with Crippen molar-refractivity contribution in [3.63, 3.8) is 0 Å². The molecule has 0 unspecified atom stereocenters. The number of rotatable bonds is 5. The molecule has 0 atom stereocenters. The number of hydrogen-bond acceptors (Lipinski definition) is 4. The van der Waals surface area contributed by atoms with E-state index in [2.05, 4.69) is 10.3 Å². The zero-order chi connectivity index (χ0) is 19.4. The molecule has 3 rings (SSSR count). The predicted octanol–water partition coefficient (Wildman–Crippen LogP) is 3.29. The van der Waals surface area contributed by atoms with Crippen LogP contribution in [0.15, 0.2) is 59.7 Å². The largest absolute Gasteiger partial charge is 0.497 e. The minimum absolute atomic E-state index is 0.174. The van der Waals surface area contributed by atoms with Crippen molar-refractivity contribution in [1.82, 2.24) is 9.55 Å². The van der Waals surface area contributed by atoms with Crippen LogP contribution in [0.3, 0.4) is 0 Å². The smallest absolute Gasteiger partial charge is 0.258 e. The van der Waals surface area contributed by atoms with Crippen LogP contribution in [-0.4, -0.2) is 22.6 Å². The van der Waals surface area contributed by atoms with Crippen LogP contribution in [0, 0.1) is 0 Å². The first kappa shape index (κ1) is 18.7. The zero-order valence-corrected chi connectivity index (χ0v) is 15.7. The molecular formula is C20H18ClN3O3. The molecule has 2 heterocycles. The van der Waals surface area contributed by atoms with Crippen molar-refractivity contribution in [2.45, 2.75) is 6.42 Å². The molecule has 6 nitrogen and oxygen atoms in total. The van der Waals surface area contributed by atoms with E-state index >= 15 is 0 Å². The molecule has 1 amide bonds. The number of pyridine rings is 2. The van der Waals surface area contributed by atoms with Crippen LogP contribution in [0.25, 0.3) is 0 Å². The molecule has 2 aromatic heterocycles. The summed E-state index contributed by atoms with van der Waals surface area (Å²) in [5.74, 6) is 0.804. The Morgan fingerprint density at radius 3 is 2.67 bits per heavy atom. The normalized spacial score (nSPS) is 10.5. The van der Waals surface area contributed by atoms with Gasteiger partial charge in [0.25, 0.3) is 5.91 Å². The minimum atomic E-state index is -0.328. The third kappa shape index (κ3) is 4.74. The number of anilines is 1. The molecule has 0 fully saturated rings. The summed E-state index contributed by atoms with van der Waals surface area (Å²) in [5.41, 5.74) is 2.18. The summed E-state index contributed by atoms with van der Waals surface area (Å²) in [4.78, 5) is 28.0. The van der Waals surface area contributed by atoms with Gasteiger partial charge >= 0.3 is 0 Å². The second-order valence-corrected chi connectivity index (χ2v) is 6.49. The number of nitrogens with zero attached hydrogens (tertiary/aromatic N) is 2. The lowest BCUT2D eigenvalue weighted by molar-refractivity contribution is 0.102. The quantitative estimate of drug-likeness (QED) is 0.733. The topological polar surface area (TPSA) is 73.2 Å². The fraction of sp³-hybridized carbons (Fsp3) is 0.150. The summed E-state index contributed by atoms with van der Waals surface area (Å²) in [6, 6.07) is 12.0. The molecule has 0 saturated heterocycles. The summed E-state index contributed by atoms with van der Waals surface area (Å²) in [5, 5.41) is 3.33. The van der Waals surface area contributed by atoms with Gasteiger partial charge in [-0.05, 0) is 47.9 Å². The number of carbonyl (C=O) groups is 1. The molecule has 3 aromatic rings. The Morgan fingerprint density at radius 2 is 2.00 bits per heavy atom. The van der Waals surface area contributed by atoms with E-state index in [0.29, 0.717) is 28.6 Å². The molecule has 0 radical (unpaired) electrons. The Labute approximate surface area is 161 Å². The van der Waals surface area contributed by atoms with Crippen molar-refractivity contribution in [3.8, 4) is 5.75 Å². The lowest BCUT2D eigenvalue weighted by Crippen LogP contribution is -2.19. The van der Waals surface area contributed by atoms with Crippen molar-refractivity contribution < 1.29 is 9.53 Å². The molecule has 0 aliphatic carbocycles. The molecule has 1 aromatic carbocycles. The Morgan fingerprint density at radius 1 is 1.19 bits per heavy atom. The number of methoxy groups -OCH3 is 1. The van der Waals surface area contributed by atoms with E-state index in [0.717, 1.165) is 11.1 Å². The first-order chi connectivity index (χ1) is 12.9. The molecule has 7 heteroatoms. The number of benzene rings is 1. The summed E-state index contributed by atoms with van der Waals surface area (Å²) < 4.78 is 6.58. The van der Waals surface area contributed by atoms with Crippen molar-refractivity contribution in [1.29, 1.82) is 0 Å². The van der Waals surface area contributed by atoms with Crippen molar-refractivity contribution in [3.05, 3.63) is 86.9 Å². The van der Waals surface area contributed by atoms with Gasteiger partial charge < -0.3 is 14.6 Å². The van der Waals surface area contributed by atoms with E-state index in [1.54, 1.807) is 32.5 Å². The Balaban J connectivity index is 1.70. The second-order valence-electron chi connectivity index (χ2n) is 6.05. The number of ether oxygens (including phenoxy) is 1. The standard InChI is InChI=1S/C20H18ClN3O3/c1-24-12-15(4-6-19(24)25)20(26)23-18-5-3-13(11-22-18)7-14-8-16(21)10-17(9-14)27-2/h3-6,8-12H,7H2,1-2H3,(H,22,23,26). The Hall–Kier alpha value is -3.12. The van der Waals surface area contributed by atoms with Gasteiger partial charge in [0.15, 0.2) is 0 Å². The first-order valence-electron chi connectivity index (χ1n) is 8.21. The summed E-state index contributed by atoms with van der Waals surface area (Å²) >= 11 is 6.09. The molecule has 0 bridgehead atoms. The Bertz CT molecular complexity index is 1030. The molecular weight excluding hydrogens is 366 g/mol. The number of hydrogen-bond donors (Lipinski definition) is 1. The van der Waals surface area contributed by atoms with E-state index in [9.17, 15) is 9.59 Å². The molecule has 0 saturated carbocycles. The van der Waals surface area contributed by atoms with E-state index in [-0.39, 0.29) is 11.5 Å². The van der Waals surface area contributed by atoms with Gasteiger partial charge in [-0.1, -0.05) is 17.7 Å². The van der Waals surface area contributed by atoms with Crippen LogP contribution < -0.4 is 15.6 Å². The first-order valence-corrected chi connectivity index (χ1v) is 8.59. The molecule has 1 N–H and O–H groups in total. The van der Waals surface area contributed by atoms with Crippen molar-refractivity contribution in [2.75, 3.05) is 12.4 Å². The fourth-order valence-corrected chi connectivity index (χ4v) is 2.84. The lowest BCUT2D eigenvalue weighted by atomic mass is 10.1. The highest BCUT2D eigenvalue weighted by molar-refractivity contribution is 6.30. The monoisotopic (exact) mass is 383 g/mol. The SMILES string of the molecule is COc1cc(Cl)cc(Cc2ccc(NC(=O)c3ccc(=O)n(C)c3)nc2)c1. The van der Waals surface area contributed by atoms with Crippen LogP contribution in [0.5, 0.6) is 5.75 Å². The number of aryl methyl sites for hydroxylation is 1. The van der Waals surface area contributed by atoms with Crippen LogP contribution in [0.1, 0.15) is 21.5 Å². The van der Waals surface area contributed by atoms with Crippen molar-refractivity contribution in [2.24, 2.45) is 7.05 Å². The van der Waals surface area contributed by atoms with Gasteiger partial charge in [0.1, 0.15) is 11.6 Å². The van der Waals surface area contributed by atoms with Gasteiger partial charge in [-0.3, -0.25) is 9.59 Å². The minimum Gasteiger partial charge on any atom is -0.497 e. The number of halogens is 1. The molecule has 0 aliphatic heterocycles. The van der Waals surface area contributed by atoms with Crippen LogP contribution in [-0.2, 0) is 13.5 Å². The number of nitrogens with one attached hydrogen (secondary N) is 1. The van der Waals surface area contributed by atoms with E-state index in [4.69, 9.17) is 16.3 Å². The maximum atomic E-state index is 12.3. The van der Waals surface area contributed by atoms with Gasteiger partial charge in [-0.15, -0.1) is 0 Å². The molecule has 27 heavy (non-hydrogen) atoms. The van der Waals surface area contributed by atoms with Gasteiger partial charge in [0, 0.05) is 30.5 Å². The third-order valence-electron chi connectivity index (χ3n) is 3.99. The van der Waals surface area contributed by atoms with E-state index < -0.39 is 0 Å². The fourth-order valence-electron chi connectivity index (χ4n) is 2.60. The number of carbonyl (C=O) groups excluding carboxylic acids is 1. The second kappa shape index (κ2) is 8.05. The van der Waals surface area contributed by atoms with Gasteiger partial charge in [-0.25, -0.2) is 4.98 Å². The highest BCUT2D eigenvalue weighted by atomic mass is 35.5. The average Bonchev–Trinajstić information content (AvgIpc) is 2.65. The number of amides is 1. The molecule has 0 aliphatic rings. The van der Waals surface area contributed by atoms with E-state index in [1.807, 2.05) is 18.2 Å². The lowest BCUT2D eigenvalue weighted by Gasteiger charge is -2.08. The van der Waals surface area contributed by atoms with Crippen LogP contribution in [0.2, 0.25) is 5.02 Å². The highest BCUT2D eigenvalue weighted by Crippen LogP contribution is 2.22. The van der Waals surface area contributed by atoms with Gasteiger partial charge in [-0.2, -0.15) is 0 Å². The Kier molecular flexibility index (Phi) is 5.57. The maximum absolute atomic E-state index is 12.3. The summed E-state index contributed by atoms with van der Waals surface area (Å²) in [7, 11) is 3.19. The predicted molar refractivity (Wildman–Crippen MR) is 105 cm³/mol. The maximum Gasteiger partial charge on any atom is 0.258 e. The average molecular weight is 384 g/mol. The van der Waals surface area contributed by atoms with Crippen LogP contribution >= 0.6 is 11.6 Å². The van der Waals surface area contributed by atoms with E-state index in [1.165, 1.54) is 22.9 Å². The highest BCUT2D eigenvalue weighted by Gasteiger charge is 2.08. The van der Waals surface area contributed by atoms with Gasteiger partial charge in [0.2, 0.25) is 5.56 Å². The molecule has 0 spiro atoms. The zero-order valence-electron chi connectivity index (χ0n) is 14.9. The third-order valence-corrected chi connectivity index (χ3v) is 4.21. The number of aromatic nitrogens is 2.